The average molecular weight is 277 g/mol. The molecule has 0 atom stereocenters. The van der Waals surface area contributed by atoms with E-state index in [9.17, 15) is 4.79 Å². The molecule has 112 valence electrons. The zero-order valence-corrected chi connectivity index (χ0v) is 13.1. The van der Waals surface area contributed by atoms with Crippen molar-refractivity contribution in [1.29, 1.82) is 0 Å². The molecular weight excluding hydrogens is 250 g/mol. The van der Waals surface area contributed by atoms with Gasteiger partial charge in [-0.3, -0.25) is 4.79 Å². The molecular formula is C16H27N3O. The van der Waals surface area contributed by atoms with Crippen LogP contribution in [0.15, 0.2) is 24.3 Å². The fourth-order valence-corrected chi connectivity index (χ4v) is 2.00. The Kier molecular flexibility index (Phi) is 6.68. The third-order valence-corrected chi connectivity index (χ3v) is 3.13. The van der Waals surface area contributed by atoms with Crippen molar-refractivity contribution in [2.45, 2.75) is 20.4 Å². The van der Waals surface area contributed by atoms with Crippen molar-refractivity contribution in [1.82, 2.24) is 9.80 Å². The second-order valence-corrected chi connectivity index (χ2v) is 5.85. The predicted octanol–water partition coefficient (Wildman–Crippen LogP) is 1.81. The van der Waals surface area contributed by atoms with Crippen LogP contribution in [0.25, 0.3) is 0 Å². The molecule has 0 aliphatic heterocycles. The highest BCUT2D eigenvalue weighted by Gasteiger charge is 2.16. The van der Waals surface area contributed by atoms with Gasteiger partial charge in [-0.25, -0.2) is 0 Å². The normalized spacial score (nSPS) is 11.2. The molecule has 0 bridgehead atoms. The van der Waals surface area contributed by atoms with E-state index < -0.39 is 0 Å². The number of amides is 1. The SMILES string of the molecule is CC(C)CN(CCN(C)C)C(=O)c1ccc(CN)cc1. The first-order valence-electron chi connectivity index (χ1n) is 7.17. The molecule has 1 rings (SSSR count). The minimum absolute atomic E-state index is 0.101. The minimum atomic E-state index is 0.101. The number of rotatable bonds is 7. The summed E-state index contributed by atoms with van der Waals surface area (Å²) in [6.45, 7) is 7.18. The number of likely N-dealkylation sites (N-methyl/N-ethyl adjacent to an activating group) is 1. The first kappa shape index (κ1) is 16.7. The second-order valence-electron chi connectivity index (χ2n) is 5.85. The molecule has 0 radical (unpaired) electrons. The lowest BCUT2D eigenvalue weighted by Crippen LogP contribution is -2.39. The predicted molar refractivity (Wildman–Crippen MR) is 83.6 cm³/mol. The second kappa shape index (κ2) is 8.02. The van der Waals surface area contributed by atoms with Gasteiger partial charge >= 0.3 is 0 Å². The summed E-state index contributed by atoms with van der Waals surface area (Å²) in [5.41, 5.74) is 7.37. The smallest absolute Gasteiger partial charge is 0.253 e. The van der Waals surface area contributed by atoms with Crippen molar-refractivity contribution in [3.05, 3.63) is 35.4 Å². The summed E-state index contributed by atoms with van der Waals surface area (Å²) in [5.74, 6) is 0.563. The monoisotopic (exact) mass is 277 g/mol. The third kappa shape index (κ3) is 5.31. The van der Waals surface area contributed by atoms with Crippen LogP contribution in [0.1, 0.15) is 29.8 Å². The molecule has 20 heavy (non-hydrogen) atoms. The van der Waals surface area contributed by atoms with E-state index in [2.05, 4.69) is 18.7 Å². The Morgan fingerprint density at radius 1 is 1.15 bits per heavy atom. The van der Waals surface area contributed by atoms with Crippen LogP contribution in [0.4, 0.5) is 0 Å². The van der Waals surface area contributed by atoms with E-state index in [1.807, 2.05) is 43.3 Å². The lowest BCUT2D eigenvalue weighted by Gasteiger charge is -2.26. The van der Waals surface area contributed by atoms with Crippen LogP contribution >= 0.6 is 0 Å². The molecule has 0 heterocycles. The van der Waals surface area contributed by atoms with E-state index in [-0.39, 0.29) is 5.91 Å². The molecule has 4 nitrogen and oxygen atoms in total. The standard InChI is InChI=1S/C16H27N3O/c1-13(2)12-19(10-9-18(3)4)16(20)15-7-5-14(11-17)6-8-15/h5-8,13H,9-12,17H2,1-4H3. The van der Waals surface area contributed by atoms with Gasteiger partial charge in [-0.1, -0.05) is 26.0 Å². The molecule has 1 aromatic rings. The molecule has 0 aliphatic carbocycles. The highest BCUT2D eigenvalue weighted by molar-refractivity contribution is 5.94. The summed E-state index contributed by atoms with van der Waals surface area (Å²) in [6.07, 6.45) is 0. The summed E-state index contributed by atoms with van der Waals surface area (Å²) in [6, 6.07) is 7.58. The molecule has 0 saturated carbocycles. The van der Waals surface area contributed by atoms with Crippen LogP contribution in [0.3, 0.4) is 0 Å². The number of hydrogen-bond donors (Lipinski definition) is 1. The lowest BCUT2D eigenvalue weighted by atomic mass is 10.1. The minimum Gasteiger partial charge on any atom is -0.337 e. The van der Waals surface area contributed by atoms with E-state index in [0.29, 0.717) is 12.5 Å². The lowest BCUT2D eigenvalue weighted by molar-refractivity contribution is 0.0724. The van der Waals surface area contributed by atoms with E-state index in [0.717, 1.165) is 30.8 Å². The van der Waals surface area contributed by atoms with Crippen LogP contribution in [0.5, 0.6) is 0 Å². The van der Waals surface area contributed by atoms with Crippen LogP contribution in [-0.2, 0) is 6.54 Å². The Labute approximate surface area is 122 Å². The zero-order chi connectivity index (χ0) is 15.1. The van der Waals surface area contributed by atoms with Gasteiger partial charge in [0.15, 0.2) is 0 Å². The number of nitrogens with zero attached hydrogens (tertiary/aromatic N) is 2. The van der Waals surface area contributed by atoms with Crippen molar-refractivity contribution >= 4 is 5.91 Å². The van der Waals surface area contributed by atoms with Crippen LogP contribution in [0.2, 0.25) is 0 Å². The maximum absolute atomic E-state index is 12.6. The summed E-state index contributed by atoms with van der Waals surface area (Å²) in [4.78, 5) is 16.6. The molecule has 1 amide bonds. The van der Waals surface area contributed by atoms with Gasteiger partial charge in [0.2, 0.25) is 0 Å². The van der Waals surface area contributed by atoms with E-state index in [1.54, 1.807) is 0 Å². The third-order valence-electron chi connectivity index (χ3n) is 3.13. The zero-order valence-electron chi connectivity index (χ0n) is 13.1. The molecule has 0 saturated heterocycles. The Bertz CT molecular complexity index is 412. The van der Waals surface area contributed by atoms with Gasteiger partial charge in [0, 0.05) is 31.7 Å². The largest absolute Gasteiger partial charge is 0.337 e. The van der Waals surface area contributed by atoms with Gasteiger partial charge < -0.3 is 15.5 Å². The van der Waals surface area contributed by atoms with Gasteiger partial charge in [-0.2, -0.15) is 0 Å². The molecule has 2 N–H and O–H groups in total. The van der Waals surface area contributed by atoms with Crippen LogP contribution in [0, 0.1) is 5.92 Å². The fourth-order valence-electron chi connectivity index (χ4n) is 2.00. The Hall–Kier alpha value is -1.39. The van der Waals surface area contributed by atoms with Crippen molar-refractivity contribution in [2.24, 2.45) is 11.7 Å². The van der Waals surface area contributed by atoms with Crippen LogP contribution in [-0.4, -0.2) is 49.4 Å². The summed E-state index contributed by atoms with van der Waals surface area (Å²) in [7, 11) is 4.04. The fraction of sp³-hybridized carbons (Fsp3) is 0.562. The number of nitrogens with two attached hydrogens (primary N) is 1. The molecule has 4 heteroatoms. The molecule has 0 aromatic heterocycles. The van der Waals surface area contributed by atoms with Gasteiger partial charge in [-0.05, 0) is 37.7 Å². The number of hydrogen-bond acceptors (Lipinski definition) is 3. The first-order chi connectivity index (χ1) is 9.43. The number of carbonyl (C=O) groups excluding carboxylic acids is 1. The summed E-state index contributed by atoms with van der Waals surface area (Å²) < 4.78 is 0. The van der Waals surface area contributed by atoms with Gasteiger partial charge in [-0.15, -0.1) is 0 Å². The van der Waals surface area contributed by atoms with Crippen molar-refractivity contribution in [3.63, 3.8) is 0 Å². The molecule has 0 fully saturated rings. The van der Waals surface area contributed by atoms with Gasteiger partial charge in [0.05, 0.1) is 0 Å². The quantitative estimate of drug-likeness (QED) is 0.827. The van der Waals surface area contributed by atoms with Gasteiger partial charge in [0.1, 0.15) is 0 Å². The summed E-state index contributed by atoms with van der Waals surface area (Å²) in [5, 5.41) is 0. The maximum Gasteiger partial charge on any atom is 0.253 e. The molecule has 1 aromatic carbocycles. The van der Waals surface area contributed by atoms with Crippen molar-refractivity contribution in [2.75, 3.05) is 33.7 Å². The molecule has 0 aliphatic rings. The average Bonchev–Trinajstić information content (AvgIpc) is 2.42. The molecule has 0 unspecified atom stereocenters. The topological polar surface area (TPSA) is 49.6 Å². The molecule has 0 spiro atoms. The highest BCUT2D eigenvalue weighted by atomic mass is 16.2. The number of benzene rings is 1. The Balaban J connectivity index is 2.79. The van der Waals surface area contributed by atoms with E-state index >= 15 is 0 Å². The van der Waals surface area contributed by atoms with E-state index in [1.165, 1.54) is 0 Å². The number of carbonyl (C=O) groups is 1. The van der Waals surface area contributed by atoms with E-state index in [4.69, 9.17) is 5.73 Å². The van der Waals surface area contributed by atoms with Crippen LogP contribution < -0.4 is 5.73 Å². The Morgan fingerprint density at radius 2 is 1.75 bits per heavy atom. The maximum atomic E-state index is 12.6. The van der Waals surface area contributed by atoms with Gasteiger partial charge in [0.25, 0.3) is 5.91 Å². The highest BCUT2D eigenvalue weighted by Crippen LogP contribution is 2.09. The Morgan fingerprint density at radius 3 is 2.20 bits per heavy atom. The first-order valence-corrected chi connectivity index (χ1v) is 7.17. The van der Waals surface area contributed by atoms with Crippen molar-refractivity contribution < 1.29 is 4.79 Å². The van der Waals surface area contributed by atoms with Crippen molar-refractivity contribution in [3.8, 4) is 0 Å². The summed E-state index contributed by atoms with van der Waals surface area (Å²) >= 11 is 0.